The van der Waals surface area contributed by atoms with Crippen LogP contribution in [0.5, 0.6) is 0 Å². The van der Waals surface area contributed by atoms with E-state index in [4.69, 9.17) is 0 Å². The SMILES string of the molecule is CC.CC(=O)c1cccnc1N(C(=O)N1CCNCC1)c1ccccc1C. The van der Waals surface area contributed by atoms with Crippen LogP contribution in [0.4, 0.5) is 16.3 Å². The van der Waals surface area contributed by atoms with E-state index in [1.165, 1.54) is 6.92 Å². The lowest BCUT2D eigenvalue weighted by Crippen LogP contribution is -2.51. The molecule has 2 heterocycles. The number of nitrogens with one attached hydrogen (secondary N) is 1. The number of hydrogen-bond acceptors (Lipinski definition) is 4. The third-order valence-electron chi connectivity index (χ3n) is 4.31. The van der Waals surface area contributed by atoms with Gasteiger partial charge in [0.2, 0.25) is 0 Å². The Kier molecular flexibility index (Phi) is 7.49. The predicted octanol–water partition coefficient (Wildman–Crippen LogP) is 3.78. The minimum absolute atomic E-state index is 0.116. The number of piperazine rings is 1. The van der Waals surface area contributed by atoms with Crippen LogP contribution < -0.4 is 10.2 Å². The van der Waals surface area contributed by atoms with E-state index in [0.717, 1.165) is 24.3 Å². The molecule has 1 aliphatic heterocycles. The Morgan fingerprint density at radius 2 is 1.74 bits per heavy atom. The van der Waals surface area contributed by atoms with Gasteiger partial charge in [-0.2, -0.15) is 0 Å². The standard InChI is InChI=1S/C19H22N4O2.C2H6/c1-14-6-3-4-8-17(14)23(19(25)22-12-10-20-11-13-22)18-16(15(2)24)7-5-9-21-18;1-2/h3-9,20H,10-13H2,1-2H3;1-2H3. The maximum absolute atomic E-state index is 13.3. The summed E-state index contributed by atoms with van der Waals surface area (Å²) in [5.41, 5.74) is 2.13. The molecule has 1 aromatic carbocycles. The van der Waals surface area contributed by atoms with Gasteiger partial charge in [0.25, 0.3) is 0 Å². The molecule has 0 saturated carbocycles. The Labute approximate surface area is 161 Å². The molecule has 3 rings (SSSR count). The van der Waals surface area contributed by atoms with E-state index in [2.05, 4.69) is 10.3 Å². The fourth-order valence-corrected chi connectivity index (χ4v) is 2.97. The number of carbonyl (C=O) groups excluding carboxylic acids is 2. The lowest BCUT2D eigenvalue weighted by Gasteiger charge is -2.34. The summed E-state index contributed by atoms with van der Waals surface area (Å²) in [4.78, 5) is 33.1. The number of pyridine rings is 1. The lowest BCUT2D eigenvalue weighted by atomic mass is 10.1. The summed E-state index contributed by atoms with van der Waals surface area (Å²) >= 11 is 0. The van der Waals surface area contributed by atoms with Crippen LogP contribution in [0.3, 0.4) is 0 Å². The molecular formula is C21H28N4O2. The number of anilines is 2. The van der Waals surface area contributed by atoms with E-state index < -0.39 is 0 Å². The van der Waals surface area contributed by atoms with Crippen LogP contribution in [0.1, 0.15) is 36.7 Å². The highest BCUT2D eigenvalue weighted by Gasteiger charge is 2.29. The largest absolute Gasteiger partial charge is 0.330 e. The maximum atomic E-state index is 13.3. The molecule has 1 saturated heterocycles. The molecule has 6 nitrogen and oxygen atoms in total. The number of nitrogens with zero attached hydrogens (tertiary/aromatic N) is 3. The molecule has 1 fully saturated rings. The van der Waals surface area contributed by atoms with Crippen LogP contribution >= 0.6 is 0 Å². The van der Waals surface area contributed by atoms with Gasteiger partial charge < -0.3 is 10.2 Å². The Hall–Kier alpha value is -2.73. The van der Waals surface area contributed by atoms with E-state index in [1.807, 2.05) is 45.0 Å². The second-order valence-corrected chi connectivity index (χ2v) is 6.07. The number of aromatic nitrogens is 1. The van der Waals surface area contributed by atoms with E-state index in [0.29, 0.717) is 24.5 Å². The lowest BCUT2D eigenvalue weighted by molar-refractivity contribution is 0.101. The molecule has 1 aliphatic rings. The number of hydrogen-bond donors (Lipinski definition) is 1. The molecule has 2 amide bonds. The third kappa shape index (κ3) is 4.71. The molecule has 0 atom stereocenters. The summed E-state index contributed by atoms with van der Waals surface area (Å²) < 4.78 is 0. The Morgan fingerprint density at radius 3 is 2.37 bits per heavy atom. The summed E-state index contributed by atoms with van der Waals surface area (Å²) in [7, 11) is 0. The normalized spacial score (nSPS) is 13.4. The number of rotatable bonds is 3. The average Bonchev–Trinajstić information content (AvgIpc) is 2.72. The van der Waals surface area contributed by atoms with Gasteiger partial charge in [0.1, 0.15) is 0 Å². The van der Waals surface area contributed by atoms with Crippen LogP contribution in [-0.2, 0) is 0 Å². The first-order valence-corrected chi connectivity index (χ1v) is 9.41. The van der Waals surface area contributed by atoms with Crippen LogP contribution in [0, 0.1) is 6.92 Å². The van der Waals surface area contributed by atoms with Gasteiger partial charge in [0, 0.05) is 32.4 Å². The van der Waals surface area contributed by atoms with Crippen molar-refractivity contribution in [2.75, 3.05) is 31.1 Å². The molecule has 0 radical (unpaired) electrons. The fraction of sp³-hybridized carbons (Fsp3) is 0.381. The van der Waals surface area contributed by atoms with Gasteiger partial charge in [-0.3, -0.25) is 4.79 Å². The van der Waals surface area contributed by atoms with Crippen molar-refractivity contribution in [2.45, 2.75) is 27.7 Å². The van der Waals surface area contributed by atoms with Gasteiger partial charge in [-0.15, -0.1) is 0 Å². The first-order valence-electron chi connectivity index (χ1n) is 9.41. The van der Waals surface area contributed by atoms with Gasteiger partial charge in [0.05, 0.1) is 11.3 Å². The molecule has 6 heteroatoms. The van der Waals surface area contributed by atoms with Gasteiger partial charge >= 0.3 is 6.03 Å². The van der Waals surface area contributed by atoms with Crippen LogP contribution in [0.25, 0.3) is 0 Å². The monoisotopic (exact) mass is 368 g/mol. The smallest absolute Gasteiger partial charge is 0.321 e. The van der Waals surface area contributed by atoms with Gasteiger partial charge in [-0.1, -0.05) is 32.0 Å². The highest BCUT2D eigenvalue weighted by atomic mass is 16.2. The van der Waals surface area contributed by atoms with Crippen molar-refractivity contribution in [3.8, 4) is 0 Å². The molecule has 2 aromatic rings. The van der Waals surface area contributed by atoms with Crippen molar-refractivity contribution in [3.05, 3.63) is 53.7 Å². The average molecular weight is 368 g/mol. The topological polar surface area (TPSA) is 65.5 Å². The van der Waals surface area contributed by atoms with Crippen molar-refractivity contribution in [2.24, 2.45) is 0 Å². The maximum Gasteiger partial charge on any atom is 0.330 e. The van der Waals surface area contributed by atoms with E-state index >= 15 is 0 Å². The second kappa shape index (κ2) is 9.83. The molecule has 1 aromatic heterocycles. The van der Waals surface area contributed by atoms with Gasteiger partial charge in [0.15, 0.2) is 11.6 Å². The number of ketones is 1. The van der Waals surface area contributed by atoms with Gasteiger partial charge in [-0.25, -0.2) is 14.7 Å². The highest BCUT2D eigenvalue weighted by Crippen LogP contribution is 2.31. The highest BCUT2D eigenvalue weighted by molar-refractivity contribution is 6.06. The number of amides is 2. The molecular weight excluding hydrogens is 340 g/mol. The molecule has 0 spiro atoms. The number of benzene rings is 1. The number of urea groups is 1. The van der Waals surface area contributed by atoms with E-state index in [-0.39, 0.29) is 11.8 Å². The molecule has 27 heavy (non-hydrogen) atoms. The van der Waals surface area contributed by atoms with E-state index in [1.54, 1.807) is 28.1 Å². The molecule has 0 aliphatic carbocycles. The van der Waals surface area contributed by atoms with Crippen molar-refractivity contribution in [3.63, 3.8) is 0 Å². The number of carbonyl (C=O) groups is 2. The zero-order chi connectivity index (χ0) is 19.8. The van der Waals surface area contributed by atoms with Crippen LogP contribution in [-0.4, -0.2) is 47.9 Å². The summed E-state index contributed by atoms with van der Waals surface area (Å²) in [6.45, 7) is 10.2. The zero-order valence-electron chi connectivity index (χ0n) is 16.5. The predicted molar refractivity (Wildman–Crippen MR) is 109 cm³/mol. The third-order valence-corrected chi connectivity index (χ3v) is 4.31. The Morgan fingerprint density at radius 1 is 1.07 bits per heavy atom. The van der Waals surface area contributed by atoms with Crippen molar-refractivity contribution >= 4 is 23.3 Å². The summed E-state index contributed by atoms with van der Waals surface area (Å²) in [5.74, 6) is 0.266. The van der Waals surface area contributed by atoms with Crippen LogP contribution in [0.15, 0.2) is 42.6 Å². The second-order valence-electron chi connectivity index (χ2n) is 6.07. The molecule has 144 valence electrons. The van der Waals surface area contributed by atoms with Gasteiger partial charge in [-0.05, 0) is 37.6 Å². The van der Waals surface area contributed by atoms with Crippen molar-refractivity contribution in [1.29, 1.82) is 0 Å². The first kappa shape index (κ1) is 20.6. The fourth-order valence-electron chi connectivity index (χ4n) is 2.97. The van der Waals surface area contributed by atoms with E-state index in [9.17, 15) is 9.59 Å². The minimum Gasteiger partial charge on any atom is -0.321 e. The first-order chi connectivity index (χ1) is 13.1. The Balaban J connectivity index is 0.00000126. The molecule has 0 unspecified atom stereocenters. The van der Waals surface area contributed by atoms with Crippen molar-refractivity contribution < 1.29 is 9.59 Å². The molecule has 1 N–H and O–H groups in total. The summed E-state index contributed by atoms with van der Waals surface area (Å²) in [6, 6.07) is 10.9. The number of para-hydroxylation sites is 1. The molecule has 0 bridgehead atoms. The minimum atomic E-state index is -0.156. The number of Topliss-reactive ketones (excluding diaryl/α,β-unsaturated/α-hetero) is 1. The summed E-state index contributed by atoms with van der Waals surface area (Å²) in [6.07, 6.45) is 1.61. The summed E-state index contributed by atoms with van der Waals surface area (Å²) in [5, 5.41) is 3.25. The quantitative estimate of drug-likeness (QED) is 0.837. The number of aryl methyl sites for hydroxylation is 1. The van der Waals surface area contributed by atoms with Crippen molar-refractivity contribution in [1.82, 2.24) is 15.2 Å². The Bertz CT molecular complexity index is 785. The van der Waals surface area contributed by atoms with Crippen LogP contribution in [0.2, 0.25) is 0 Å². The zero-order valence-corrected chi connectivity index (χ0v) is 16.5.